The molecule has 0 spiro atoms. The molecule has 1 unspecified atom stereocenters. The number of urea groups is 1. The van der Waals surface area contributed by atoms with Crippen LogP contribution >= 0.6 is 0 Å². The number of benzene rings is 3. The minimum atomic E-state index is -0.664. The van der Waals surface area contributed by atoms with Crippen LogP contribution in [0.4, 0.5) is 10.5 Å². The van der Waals surface area contributed by atoms with Gasteiger partial charge < -0.3 is 25.0 Å². The Morgan fingerprint density at radius 2 is 1.52 bits per heavy atom. The average molecular weight is 446 g/mol. The maximum Gasteiger partial charge on any atom is 0.322 e. The third-order valence-corrected chi connectivity index (χ3v) is 5.73. The summed E-state index contributed by atoms with van der Waals surface area (Å²) in [6, 6.07) is 21.7. The lowest BCUT2D eigenvalue weighted by atomic mass is 9.93. The molecule has 3 amide bonds. The van der Waals surface area contributed by atoms with Crippen molar-refractivity contribution in [2.75, 3.05) is 19.5 Å². The van der Waals surface area contributed by atoms with E-state index in [9.17, 15) is 9.59 Å². The second kappa shape index (κ2) is 10.1. The van der Waals surface area contributed by atoms with Gasteiger partial charge in [0.15, 0.2) is 11.5 Å². The van der Waals surface area contributed by atoms with E-state index < -0.39 is 6.04 Å². The van der Waals surface area contributed by atoms with E-state index in [2.05, 4.69) is 10.6 Å². The highest BCUT2D eigenvalue weighted by molar-refractivity contribution is 5.94. The summed E-state index contributed by atoms with van der Waals surface area (Å²) < 4.78 is 10.9. The van der Waals surface area contributed by atoms with Crippen molar-refractivity contribution >= 4 is 17.6 Å². The van der Waals surface area contributed by atoms with Crippen LogP contribution in [0.5, 0.6) is 11.5 Å². The predicted octanol–water partition coefficient (Wildman–Crippen LogP) is 3.98. The fourth-order valence-corrected chi connectivity index (χ4v) is 3.98. The molecule has 33 heavy (non-hydrogen) atoms. The monoisotopic (exact) mass is 445 g/mol. The highest BCUT2D eigenvalue weighted by Gasteiger charge is 2.35. The second-order valence-electron chi connectivity index (χ2n) is 7.82. The molecular formula is C26H27N3O4. The van der Waals surface area contributed by atoms with Gasteiger partial charge in [0.05, 0.1) is 14.2 Å². The summed E-state index contributed by atoms with van der Waals surface area (Å²) in [5, 5.41) is 5.89. The Morgan fingerprint density at radius 3 is 2.15 bits per heavy atom. The fourth-order valence-electron chi connectivity index (χ4n) is 3.98. The molecule has 0 bridgehead atoms. The van der Waals surface area contributed by atoms with E-state index in [1.807, 2.05) is 72.8 Å². The lowest BCUT2D eigenvalue weighted by Crippen LogP contribution is -2.53. The summed E-state index contributed by atoms with van der Waals surface area (Å²) in [6.07, 6.45) is 0.374. The minimum absolute atomic E-state index is 0.206. The standard InChI is InChI=1S/C26H27N3O4/c1-32-23-14-19-13-22(25(30)27-16-18-9-5-3-6-10-18)29(17-20(19)15-24(23)33-2)26(31)28-21-11-7-4-8-12-21/h3-12,14-15,22H,13,16-17H2,1-2H3,(H,27,30)(H,28,31). The van der Waals surface area contributed by atoms with Crippen molar-refractivity contribution in [3.8, 4) is 11.5 Å². The van der Waals surface area contributed by atoms with Crippen LogP contribution in [0.2, 0.25) is 0 Å². The van der Waals surface area contributed by atoms with Gasteiger partial charge in [-0.15, -0.1) is 0 Å². The normalized spacial score (nSPS) is 14.7. The zero-order valence-corrected chi connectivity index (χ0v) is 18.7. The molecule has 3 aromatic carbocycles. The first-order valence-electron chi connectivity index (χ1n) is 10.8. The van der Waals surface area contributed by atoms with Crippen molar-refractivity contribution in [1.82, 2.24) is 10.2 Å². The lowest BCUT2D eigenvalue weighted by Gasteiger charge is -2.36. The number of rotatable bonds is 6. The molecule has 0 radical (unpaired) electrons. The number of amides is 3. The van der Waals surface area contributed by atoms with Gasteiger partial charge in [-0.2, -0.15) is 0 Å². The van der Waals surface area contributed by atoms with Crippen LogP contribution in [0.15, 0.2) is 72.8 Å². The van der Waals surface area contributed by atoms with E-state index in [0.29, 0.717) is 30.2 Å². The van der Waals surface area contributed by atoms with Crippen molar-refractivity contribution in [1.29, 1.82) is 0 Å². The molecule has 170 valence electrons. The molecule has 4 rings (SSSR count). The first-order valence-corrected chi connectivity index (χ1v) is 10.8. The SMILES string of the molecule is COc1cc2c(cc1OC)CN(C(=O)Nc1ccccc1)C(C(=O)NCc1ccccc1)C2. The number of nitrogens with one attached hydrogen (secondary N) is 2. The minimum Gasteiger partial charge on any atom is -0.493 e. The molecule has 0 saturated carbocycles. The Kier molecular flexibility index (Phi) is 6.78. The van der Waals surface area contributed by atoms with Crippen LogP contribution < -0.4 is 20.1 Å². The zero-order valence-electron chi connectivity index (χ0n) is 18.7. The number of carbonyl (C=O) groups is 2. The summed E-state index contributed by atoms with van der Waals surface area (Å²) in [5.74, 6) is 0.982. The molecule has 0 fully saturated rings. The Morgan fingerprint density at radius 1 is 0.909 bits per heavy atom. The van der Waals surface area contributed by atoms with Crippen LogP contribution in [-0.4, -0.2) is 37.1 Å². The topological polar surface area (TPSA) is 79.9 Å². The molecule has 0 saturated heterocycles. The van der Waals surface area contributed by atoms with Gasteiger partial charge in [-0.3, -0.25) is 4.79 Å². The molecule has 1 heterocycles. The van der Waals surface area contributed by atoms with Crippen LogP contribution in [0.1, 0.15) is 16.7 Å². The van der Waals surface area contributed by atoms with Crippen LogP contribution in [-0.2, 0) is 24.3 Å². The number of methoxy groups -OCH3 is 2. The molecule has 1 aliphatic heterocycles. The Hall–Kier alpha value is -4.00. The van der Waals surface area contributed by atoms with Crippen LogP contribution in [0.3, 0.4) is 0 Å². The summed E-state index contributed by atoms with van der Waals surface area (Å²) >= 11 is 0. The summed E-state index contributed by atoms with van der Waals surface area (Å²) in [5.41, 5.74) is 3.54. The zero-order chi connectivity index (χ0) is 23.2. The maximum absolute atomic E-state index is 13.2. The highest BCUT2D eigenvalue weighted by atomic mass is 16.5. The smallest absolute Gasteiger partial charge is 0.322 e. The van der Waals surface area contributed by atoms with Gasteiger partial charge in [0, 0.05) is 25.2 Å². The molecule has 7 nitrogen and oxygen atoms in total. The summed E-state index contributed by atoms with van der Waals surface area (Å²) in [4.78, 5) is 28.0. The molecule has 1 aliphatic rings. The molecule has 1 atom stereocenters. The fraction of sp³-hybridized carbons (Fsp3) is 0.231. The first kappa shape index (κ1) is 22.2. The van der Waals surface area contributed by atoms with E-state index in [0.717, 1.165) is 16.7 Å². The highest BCUT2D eigenvalue weighted by Crippen LogP contribution is 2.35. The van der Waals surface area contributed by atoms with Gasteiger partial charge >= 0.3 is 6.03 Å². The van der Waals surface area contributed by atoms with E-state index in [1.54, 1.807) is 19.1 Å². The number of anilines is 1. The van der Waals surface area contributed by atoms with Crippen molar-refractivity contribution in [2.24, 2.45) is 0 Å². The average Bonchev–Trinajstić information content (AvgIpc) is 2.86. The molecule has 0 aliphatic carbocycles. The number of ether oxygens (including phenoxy) is 2. The second-order valence-corrected chi connectivity index (χ2v) is 7.82. The molecule has 2 N–H and O–H groups in total. The van der Waals surface area contributed by atoms with Gasteiger partial charge in [-0.25, -0.2) is 4.79 Å². The molecule has 7 heteroatoms. The largest absolute Gasteiger partial charge is 0.493 e. The van der Waals surface area contributed by atoms with E-state index in [4.69, 9.17) is 9.47 Å². The molecule has 3 aromatic rings. The number of fused-ring (bicyclic) bond motifs is 1. The quantitative estimate of drug-likeness (QED) is 0.602. The third kappa shape index (κ3) is 5.09. The van der Waals surface area contributed by atoms with Crippen molar-refractivity contribution in [3.05, 3.63) is 89.5 Å². The lowest BCUT2D eigenvalue weighted by molar-refractivity contribution is -0.126. The van der Waals surface area contributed by atoms with Crippen LogP contribution in [0.25, 0.3) is 0 Å². The van der Waals surface area contributed by atoms with Gasteiger partial charge in [0.25, 0.3) is 0 Å². The third-order valence-electron chi connectivity index (χ3n) is 5.73. The summed E-state index contributed by atoms with van der Waals surface area (Å²) in [6.45, 7) is 0.668. The van der Waals surface area contributed by atoms with Crippen molar-refractivity contribution < 1.29 is 19.1 Å². The van der Waals surface area contributed by atoms with Gasteiger partial charge in [0.1, 0.15) is 6.04 Å². The molecule has 0 aromatic heterocycles. The van der Waals surface area contributed by atoms with Crippen molar-refractivity contribution in [3.63, 3.8) is 0 Å². The Balaban J connectivity index is 1.60. The van der Waals surface area contributed by atoms with E-state index in [-0.39, 0.29) is 18.5 Å². The van der Waals surface area contributed by atoms with Crippen molar-refractivity contribution in [2.45, 2.75) is 25.6 Å². The number of carbonyl (C=O) groups excluding carboxylic acids is 2. The van der Waals surface area contributed by atoms with E-state index >= 15 is 0 Å². The number of hydrogen-bond donors (Lipinski definition) is 2. The Labute approximate surface area is 193 Å². The number of nitrogens with zero attached hydrogens (tertiary/aromatic N) is 1. The van der Waals surface area contributed by atoms with E-state index in [1.165, 1.54) is 0 Å². The number of hydrogen-bond acceptors (Lipinski definition) is 4. The predicted molar refractivity (Wildman–Crippen MR) is 126 cm³/mol. The first-order chi connectivity index (χ1) is 16.1. The van der Waals surface area contributed by atoms with Gasteiger partial charge in [0.2, 0.25) is 5.91 Å². The van der Waals surface area contributed by atoms with Crippen LogP contribution in [0, 0.1) is 0 Å². The Bertz CT molecular complexity index is 1120. The number of para-hydroxylation sites is 1. The maximum atomic E-state index is 13.2. The van der Waals surface area contributed by atoms with Gasteiger partial charge in [-0.05, 0) is 41.0 Å². The van der Waals surface area contributed by atoms with Gasteiger partial charge in [-0.1, -0.05) is 48.5 Å². The molecular weight excluding hydrogens is 418 g/mol. The summed E-state index contributed by atoms with van der Waals surface area (Å²) in [7, 11) is 3.16.